The first kappa shape index (κ1) is 18.5. The van der Waals surface area contributed by atoms with Crippen LogP contribution in [0, 0.1) is 0 Å². The van der Waals surface area contributed by atoms with Crippen molar-refractivity contribution < 1.29 is 9.53 Å². The van der Waals surface area contributed by atoms with Gasteiger partial charge in [-0.15, -0.1) is 10.2 Å². The Morgan fingerprint density at radius 2 is 1.79 bits per heavy atom. The molecule has 1 N–H and O–H groups in total. The minimum Gasteiger partial charge on any atom is -0.497 e. The van der Waals surface area contributed by atoms with Gasteiger partial charge in [-0.3, -0.25) is 14.2 Å². The van der Waals surface area contributed by atoms with E-state index in [1.54, 1.807) is 7.11 Å². The molecule has 1 aromatic heterocycles. The second kappa shape index (κ2) is 8.00. The zero-order valence-corrected chi connectivity index (χ0v) is 16.1. The summed E-state index contributed by atoms with van der Waals surface area (Å²) in [5.74, 6) is 0.806. The van der Waals surface area contributed by atoms with E-state index in [0.29, 0.717) is 19.0 Å². The Bertz CT molecular complexity index is 901. The fourth-order valence-electron chi connectivity index (χ4n) is 3.94. The van der Waals surface area contributed by atoms with Gasteiger partial charge in [0.1, 0.15) is 5.75 Å². The summed E-state index contributed by atoms with van der Waals surface area (Å²) in [7, 11) is 1.62. The summed E-state index contributed by atoms with van der Waals surface area (Å²) in [5, 5.41) is 11.2. The SMILES string of the molecule is COc1ccc(N2CCn3c2nnc(C(=O)NC2CCCCCC2)c3=O)cc1. The molecule has 0 spiro atoms. The van der Waals surface area contributed by atoms with Crippen LogP contribution < -0.4 is 20.5 Å². The van der Waals surface area contributed by atoms with E-state index >= 15 is 0 Å². The van der Waals surface area contributed by atoms with Crippen LogP contribution >= 0.6 is 0 Å². The van der Waals surface area contributed by atoms with E-state index in [-0.39, 0.29) is 17.3 Å². The summed E-state index contributed by atoms with van der Waals surface area (Å²) in [6.45, 7) is 1.07. The van der Waals surface area contributed by atoms with Crippen molar-refractivity contribution in [3.05, 3.63) is 40.3 Å². The quantitative estimate of drug-likeness (QED) is 0.815. The molecule has 1 amide bonds. The zero-order chi connectivity index (χ0) is 19.5. The molecular formula is C20H25N5O3. The van der Waals surface area contributed by atoms with Crippen LogP contribution in [0.15, 0.2) is 29.1 Å². The van der Waals surface area contributed by atoms with Gasteiger partial charge >= 0.3 is 0 Å². The third-order valence-corrected chi connectivity index (χ3v) is 5.51. The van der Waals surface area contributed by atoms with Crippen molar-refractivity contribution in [1.82, 2.24) is 20.1 Å². The van der Waals surface area contributed by atoms with Crippen molar-refractivity contribution in [3.63, 3.8) is 0 Å². The van der Waals surface area contributed by atoms with Crippen molar-refractivity contribution >= 4 is 17.5 Å². The molecule has 0 atom stereocenters. The summed E-state index contributed by atoms with van der Waals surface area (Å²) < 4.78 is 6.71. The molecular weight excluding hydrogens is 358 g/mol. The molecule has 8 nitrogen and oxygen atoms in total. The molecule has 1 saturated carbocycles. The lowest BCUT2D eigenvalue weighted by Gasteiger charge is -2.18. The number of methoxy groups -OCH3 is 1. The van der Waals surface area contributed by atoms with Crippen LogP contribution in [0.4, 0.5) is 11.6 Å². The Morgan fingerprint density at radius 1 is 1.07 bits per heavy atom. The number of anilines is 2. The summed E-state index contributed by atoms with van der Waals surface area (Å²) in [4.78, 5) is 27.4. The first-order valence-corrected chi connectivity index (χ1v) is 9.87. The van der Waals surface area contributed by atoms with Gasteiger partial charge in [0.05, 0.1) is 7.11 Å². The van der Waals surface area contributed by atoms with E-state index < -0.39 is 5.91 Å². The lowest BCUT2D eigenvalue weighted by Crippen LogP contribution is -2.40. The summed E-state index contributed by atoms with van der Waals surface area (Å²) in [6, 6.07) is 7.65. The molecule has 2 heterocycles. The fraction of sp³-hybridized carbons (Fsp3) is 0.500. The van der Waals surface area contributed by atoms with Crippen LogP contribution in [0.1, 0.15) is 49.0 Å². The van der Waals surface area contributed by atoms with Gasteiger partial charge in [-0.2, -0.15) is 0 Å². The standard InChI is InChI=1S/C20H25N5O3/c1-28-16-10-8-15(9-11-16)24-12-13-25-19(27)17(22-23-20(24)25)18(26)21-14-6-4-2-3-5-7-14/h8-11,14H,2-7,12-13H2,1H3,(H,21,26). The number of hydrogen-bond donors (Lipinski definition) is 1. The average molecular weight is 383 g/mol. The molecule has 0 bridgehead atoms. The van der Waals surface area contributed by atoms with Gasteiger partial charge in [0.2, 0.25) is 11.6 Å². The summed E-state index contributed by atoms with van der Waals surface area (Å²) in [6.07, 6.45) is 6.53. The molecule has 1 aromatic carbocycles. The molecule has 0 radical (unpaired) electrons. The van der Waals surface area contributed by atoms with Gasteiger partial charge in [0.25, 0.3) is 11.5 Å². The maximum atomic E-state index is 12.8. The van der Waals surface area contributed by atoms with E-state index in [4.69, 9.17) is 4.74 Å². The molecule has 0 unspecified atom stereocenters. The monoisotopic (exact) mass is 383 g/mol. The summed E-state index contributed by atoms with van der Waals surface area (Å²) >= 11 is 0. The number of hydrogen-bond acceptors (Lipinski definition) is 6. The first-order valence-electron chi connectivity index (χ1n) is 9.87. The number of aromatic nitrogens is 3. The maximum Gasteiger partial charge on any atom is 0.286 e. The van der Waals surface area contributed by atoms with Gasteiger partial charge in [0.15, 0.2) is 0 Å². The highest BCUT2D eigenvalue weighted by Gasteiger charge is 2.28. The van der Waals surface area contributed by atoms with E-state index in [2.05, 4.69) is 15.5 Å². The molecule has 1 aliphatic heterocycles. The van der Waals surface area contributed by atoms with Crippen LogP contribution in [0.3, 0.4) is 0 Å². The molecule has 8 heteroatoms. The van der Waals surface area contributed by atoms with Crippen LogP contribution in [-0.4, -0.2) is 40.4 Å². The summed E-state index contributed by atoms with van der Waals surface area (Å²) in [5.41, 5.74) is 0.396. The molecule has 4 rings (SSSR count). The van der Waals surface area contributed by atoms with Crippen molar-refractivity contribution in [1.29, 1.82) is 0 Å². The van der Waals surface area contributed by atoms with Gasteiger partial charge in [-0.05, 0) is 37.1 Å². The van der Waals surface area contributed by atoms with E-state index in [9.17, 15) is 9.59 Å². The molecule has 28 heavy (non-hydrogen) atoms. The minimum absolute atomic E-state index is 0.116. The van der Waals surface area contributed by atoms with Gasteiger partial charge in [-0.1, -0.05) is 25.7 Å². The topological polar surface area (TPSA) is 89.3 Å². The number of benzene rings is 1. The first-order chi connectivity index (χ1) is 13.7. The van der Waals surface area contributed by atoms with E-state index in [1.165, 1.54) is 17.4 Å². The van der Waals surface area contributed by atoms with Crippen LogP contribution in [0.25, 0.3) is 0 Å². The van der Waals surface area contributed by atoms with Crippen LogP contribution in [0.2, 0.25) is 0 Å². The Hall–Kier alpha value is -2.90. The van der Waals surface area contributed by atoms with Crippen molar-refractivity contribution in [2.45, 2.75) is 51.1 Å². The normalized spacial score (nSPS) is 17.1. The van der Waals surface area contributed by atoms with Gasteiger partial charge < -0.3 is 15.0 Å². The number of nitrogens with one attached hydrogen (secondary N) is 1. The molecule has 2 aromatic rings. The predicted octanol–water partition coefficient (Wildman–Crippen LogP) is 2.25. The zero-order valence-electron chi connectivity index (χ0n) is 16.1. The van der Waals surface area contributed by atoms with Gasteiger partial charge in [0, 0.05) is 24.8 Å². The number of rotatable bonds is 4. The number of ether oxygens (including phenoxy) is 1. The van der Waals surface area contributed by atoms with Crippen LogP contribution in [0.5, 0.6) is 5.75 Å². The highest BCUT2D eigenvalue weighted by molar-refractivity contribution is 5.92. The highest BCUT2D eigenvalue weighted by Crippen LogP contribution is 2.28. The van der Waals surface area contributed by atoms with Crippen molar-refractivity contribution in [2.75, 3.05) is 18.6 Å². The minimum atomic E-state index is -0.414. The lowest BCUT2D eigenvalue weighted by molar-refractivity contribution is 0.0924. The highest BCUT2D eigenvalue weighted by atomic mass is 16.5. The Labute approximate surface area is 163 Å². The number of carbonyl (C=O) groups is 1. The van der Waals surface area contributed by atoms with E-state index in [1.807, 2.05) is 29.2 Å². The predicted molar refractivity (Wildman–Crippen MR) is 105 cm³/mol. The Morgan fingerprint density at radius 3 is 2.46 bits per heavy atom. The van der Waals surface area contributed by atoms with Gasteiger partial charge in [-0.25, -0.2) is 0 Å². The third-order valence-electron chi connectivity index (χ3n) is 5.51. The Balaban J connectivity index is 1.55. The average Bonchev–Trinajstić information content (AvgIpc) is 2.99. The lowest BCUT2D eigenvalue weighted by atomic mass is 10.1. The molecule has 0 saturated heterocycles. The second-order valence-electron chi connectivity index (χ2n) is 7.32. The van der Waals surface area contributed by atoms with E-state index in [0.717, 1.165) is 37.1 Å². The van der Waals surface area contributed by atoms with Crippen LogP contribution in [-0.2, 0) is 6.54 Å². The maximum absolute atomic E-state index is 12.8. The number of carbonyl (C=O) groups excluding carboxylic acids is 1. The molecule has 1 aliphatic carbocycles. The number of nitrogens with zero attached hydrogens (tertiary/aromatic N) is 4. The number of fused-ring (bicyclic) bond motifs is 1. The Kier molecular flexibility index (Phi) is 5.27. The molecule has 1 fully saturated rings. The fourth-order valence-corrected chi connectivity index (χ4v) is 3.94. The van der Waals surface area contributed by atoms with Crippen molar-refractivity contribution in [2.24, 2.45) is 0 Å². The third kappa shape index (κ3) is 3.58. The largest absolute Gasteiger partial charge is 0.497 e. The second-order valence-corrected chi connectivity index (χ2v) is 7.32. The molecule has 2 aliphatic rings. The van der Waals surface area contributed by atoms with Crippen molar-refractivity contribution in [3.8, 4) is 5.75 Å². The smallest absolute Gasteiger partial charge is 0.286 e. The number of amides is 1. The molecule has 148 valence electrons.